The van der Waals surface area contributed by atoms with Crippen molar-refractivity contribution in [3.63, 3.8) is 0 Å². The van der Waals surface area contributed by atoms with Crippen LogP contribution in [0.1, 0.15) is 21.7 Å². The number of carbonyl (C=O) groups excluding carboxylic acids is 1. The summed E-state index contributed by atoms with van der Waals surface area (Å²) in [6, 6.07) is 12.3. The minimum atomic E-state index is -4.53. The molecule has 3 aromatic rings. The average molecular weight is 427 g/mol. The summed E-state index contributed by atoms with van der Waals surface area (Å²) in [6.45, 7) is 0. The smallest absolute Gasteiger partial charge is 0.416 e. The predicted molar refractivity (Wildman–Crippen MR) is 101 cm³/mol. The maximum atomic E-state index is 12.7. The number of hydrogen-bond acceptors (Lipinski definition) is 3. The van der Waals surface area contributed by atoms with Gasteiger partial charge in [-0.05, 0) is 48.5 Å². The van der Waals surface area contributed by atoms with Crippen LogP contribution in [0.4, 0.5) is 13.2 Å². The van der Waals surface area contributed by atoms with Crippen LogP contribution in [0.25, 0.3) is 11.3 Å². The number of benzene rings is 2. The molecule has 144 valence electrons. The SMILES string of the molecule is O=C(NN=Cc1ccc(-c2ccc(Cl)c(Cl)c2)o1)c1cccc(C(F)(F)F)c1. The second-order valence-electron chi connectivity index (χ2n) is 5.61. The largest absolute Gasteiger partial charge is 0.455 e. The minimum absolute atomic E-state index is 0.164. The van der Waals surface area contributed by atoms with Gasteiger partial charge in [-0.25, -0.2) is 5.43 Å². The van der Waals surface area contributed by atoms with E-state index >= 15 is 0 Å². The van der Waals surface area contributed by atoms with E-state index in [1.807, 2.05) is 0 Å². The van der Waals surface area contributed by atoms with Crippen LogP contribution in [-0.2, 0) is 6.18 Å². The topological polar surface area (TPSA) is 54.6 Å². The van der Waals surface area contributed by atoms with Crippen LogP contribution in [0.3, 0.4) is 0 Å². The van der Waals surface area contributed by atoms with E-state index < -0.39 is 17.6 Å². The van der Waals surface area contributed by atoms with Gasteiger partial charge in [0.2, 0.25) is 0 Å². The fourth-order valence-electron chi connectivity index (χ4n) is 2.28. The molecule has 1 N–H and O–H groups in total. The molecule has 4 nitrogen and oxygen atoms in total. The molecule has 3 rings (SSSR count). The zero-order chi connectivity index (χ0) is 20.3. The van der Waals surface area contributed by atoms with Crippen LogP contribution in [0.2, 0.25) is 10.0 Å². The molecule has 0 radical (unpaired) electrons. The van der Waals surface area contributed by atoms with Gasteiger partial charge in [0.05, 0.1) is 21.8 Å². The number of nitrogens with one attached hydrogen (secondary N) is 1. The van der Waals surface area contributed by atoms with Crippen molar-refractivity contribution in [1.29, 1.82) is 0 Å². The Kier molecular flexibility index (Phi) is 5.76. The Bertz CT molecular complexity index is 1050. The summed E-state index contributed by atoms with van der Waals surface area (Å²) in [4.78, 5) is 12.0. The van der Waals surface area contributed by atoms with Crippen molar-refractivity contribution in [3.8, 4) is 11.3 Å². The zero-order valence-electron chi connectivity index (χ0n) is 13.9. The summed E-state index contributed by atoms with van der Waals surface area (Å²) in [5.74, 6) is 0.0493. The van der Waals surface area contributed by atoms with E-state index in [-0.39, 0.29) is 5.56 Å². The molecule has 9 heteroatoms. The third-order valence-corrected chi connectivity index (χ3v) is 4.38. The van der Waals surface area contributed by atoms with Gasteiger partial charge in [-0.3, -0.25) is 4.79 Å². The van der Waals surface area contributed by atoms with Gasteiger partial charge in [0.15, 0.2) is 0 Å². The van der Waals surface area contributed by atoms with E-state index in [1.165, 1.54) is 12.3 Å². The van der Waals surface area contributed by atoms with E-state index in [0.717, 1.165) is 18.2 Å². The molecule has 1 amide bonds. The monoisotopic (exact) mass is 426 g/mol. The molecule has 0 aliphatic rings. The fourth-order valence-corrected chi connectivity index (χ4v) is 2.58. The van der Waals surface area contributed by atoms with Gasteiger partial charge in [-0.2, -0.15) is 18.3 Å². The van der Waals surface area contributed by atoms with Gasteiger partial charge >= 0.3 is 6.18 Å². The Balaban J connectivity index is 1.67. The Hall–Kier alpha value is -2.77. The maximum absolute atomic E-state index is 12.7. The lowest BCUT2D eigenvalue weighted by atomic mass is 10.1. The van der Waals surface area contributed by atoms with Crippen LogP contribution < -0.4 is 5.43 Å². The van der Waals surface area contributed by atoms with Crippen molar-refractivity contribution < 1.29 is 22.4 Å². The van der Waals surface area contributed by atoms with Crippen LogP contribution in [0.5, 0.6) is 0 Å². The number of hydrazone groups is 1. The molecule has 28 heavy (non-hydrogen) atoms. The first kappa shape index (κ1) is 20.0. The summed E-state index contributed by atoms with van der Waals surface area (Å²) >= 11 is 11.8. The highest BCUT2D eigenvalue weighted by Crippen LogP contribution is 2.30. The molecule has 1 aromatic heterocycles. The van der Waals surface area contributed by atoms with E-state index in [0.29, 0.717) is 27.1 Å². The molecular weight excluding hydrogens is 416 g/mol. The molecule has 0 aliphatic heterocycles. The molecule has 0 saturated heterocycles. The number of amides is 1. The molecule has 1 heterocycles. The lowest BCUT2D eigenvalue weighted by molar-refractivity contribution is -0.137. The molecule has 0 spiro atoms. The average Bonchev–Trinajstić information content (AvgIpc) is 3.12. The van der Waals surface area contributed by atoms with Gasteiger partial charge < -0.3 is 4.42 Å². The van der Waals surface area contributed by atoms with Crippen molar-refractivity contribution in [3.05, 3.63) is 81.5 Å². The van der Waals surface area contributed by atoms with Gasteiger partial charge in [0.1, 0.15) is 11.5 Å². The Morgan fingerprint density at radius 2 is 1.82 bits per heavy atom. The maximum Gasteiger partial charge on any atom is 0.416 e. The molecule has 0 fully saturated rings. The molecule has 0 atom stereocenters. The molecular formula is C19H11Cl2F3N2O2. The minimum Gasteiger partial charge on any atom is -0.455 e. The highest BCUT2D eigenvalue weighted by atomic mass is 35.5. The molecule has 0 aliphatic carbocycles. The lowest BCUT2D eigenvalue weighted by Crippen LogP contribution is -2.18. The van der Waals surface area contributed by atoms with Crippen molar-refractivity contribution in [2.45, 2.75) is 6.18 Å². The van der Waals surface area contributed by atoms with Crippen molar-refractivity contribution in [1.82, 2.24) is 5.43 Å². The van der Waals surface area contributed by atoms with Gasteiger partial charge in [0.25, 0.3) is 5.91 Å². The van der Waals surface area contributed by atoms with E-state index in [2.05, 4.69) is 10.5 Å². The lowest BCUT2D eigenvalue weighted by Gasteiger charge is -2.07. The summed E-state index contributed by atoms with van der Waals surface area (Å²) < 4.78 is 43.7. The van der Waals surface area contributed by atoms with Crippen molar-refractivity contribution in [2.75, 3.05) is 0 Å². The second kappa shape index (κ2) is 8.08. The quantitative estimate of drug-likeness (QED) is 0.408. The van der Waals surface area contributed by atoms with E-state index in [9.17, 15) is 18.0 Å². The first-order valence-electron chi connectivity index (χ1n) is 7.80. The van der Waals surface area contributed by atoms with Crippen LogP contribution in [-0.4, -0.2) is 12.1 Å². The number of halogens is 5. The molecule has 0 bridgehead atoms. The first-order valence-corrected chi connectivity index (χ1v) is 8.55. The summed E-state index contributed by atoms with van der Waals surface area (Å²) in [5.41, 5.74) is 1.77. The number of carbonyl (C=O) groups is 1. The van der Waals surface area contributed by atoms with Crippen molar-refractivity contribution >= 4 is 35.3 Å². The zero-order valence-corrected chi connectivity index (χ0v) is 15.4. The summed E-state index contributed by atoms with van der Waals surface area (Å²) in [7, 11) is 0. The van der Waals surface area contributed by atoms with Crippen LogP contribution in [0, 0.1) is 0 Å². The third-order valence-electron chi connectivity index (χ3n) is 3.64. The number of nitrogens with zero attached hydrogens (tertiary/aromatic N) is 1. The highest BCUT2D eigenvalue weighted by Gasteiger charge is 2.30. The summed E-state index contributed by atoms with van der Waals surface area (Å²) in [5, 5.41) is 4.49. The Morgan fingerprint density at radius 3 is 2.54 bits per heavy atom. The van der Waals surface area contributed by atoms with E-state index in [1.54, 1.807) is 30.3 Å². The standard InChI is InChI=1S/C19H11Cl2F3N2O2/c20-15-6-4-11(9-16(15)21)17-7-5-14(28-17)10-25-26-18(27)12-2-1-3-13(8-12)19(22,23)24/h1-10H,(H,26,27). The first-order chi connectivity index (χ1) is 13.2. The second-order valence-corrected chi connectivity index (χ2v) is 6.42. The molecule has 0 unspecified atom stereocenters. The number of alkyl halides is 3. The number of hydrogen-bond donors (Lipinski definition) is 1. The van der Waals surface area contributed by atoms with Gasteiger partial charge in [-0.1, -0.05) is 29.3 Å². The van der Waals surface area contributed by atoms with E-state index in [4.69, 9.17) is 27.6 Å². The van der Waals surface area contributed by atoms with Crippen molar-refractivity contribution in [2.24, 2.45) is 5.10 Å². The van der Waals surface area contributed by atoms with Gasteiger partial charge in [0, 0.05) is 11.1 Å². The Labute approximate surface area is 167 Å². The third kappa shape index (κ3) is 4.74. The summed E-state index contributed by atoms with van der Waals surface area (Å²) in [6.07, 6.45) is -3.30. The molecule has 0 saturated carbocycles. The number of furan rings is 1. The fraction of sp³-hybridized carbons (Fsp3) is 0.0526. The molecule has 2 aromatic carbocycles. The van der Waals surface area contributed by atoms with Crippen LogP contribution >= 0.6 is 23.2 Å². The Morgan fingerprint density at radius 1 is 1.04 bits per heavy atom. The highest BCUT2D eigenvalue weighted by molar-refractivity contribution is 6.42. The van der Waals surface area contributed by atoms with Gasteiger partial charge in [-0.15, -0.1) is 0 Å². The van der Waals surface area contributed by atoms with Crippen LogP contribution in [0.15, 0.2) is 64.1 Å². The number of rotatable bonds is 4. The predicted octanol–water partition coefficient (Wildman–Crippen LogP) is 6.04. The normalized spacial score (nSPS) is 11.8.